The first-order chi connectivity index (χ1) is 8.57. The zero-order chi connectivity index (χ0) is 13.2. The zero-order valence-corrected chi connectivity index (χ0v) is 11.9. The maximum atomic E-state index is 12.6. The number of sulfone groups is 1. The molecule has 0 bridgehead atoms. The lowest BCUT2D eigenvalue weighted by Crippen LogP contribution is -2.28. The molecule has 100 valence electrons. The van der Waals surface area contributed by atoms with E-state index in [0.29, 0.717) is 18.1 Å². The minimum Gasteiger partial charge on any atom is -0.384 e. The van der Waals surface area contributed by atoms with Crippen LogP contribution in [0.4, 0.5) is 0 Å². The summed E-state index contributed by atoms with van der Waals surface area (Å²) in [5.74, 6) is 0.0799. The van der Waals surface area contributed by atoms with Crippen LogP contribution in [0.3, 0.4) is 0 Å². The van der Waals surface area contributed by atoms with Gasteiger partial charge in [-0.15, -0.1) is 0 Å². The Labute approximate surface area is 113 Å². The minimum atomic E-state index is -3.35. The molecule has 0 amide bonds. The Bertz CT molecular complexity index is 513. The van der Waals surface area contributed by atoms with E-state index in [9.17, 15) is 8.42 Å². The highest BCUT2D eigenvalue weighted by Gasteiger charge is 2.38. The first kappa shape index (κ1) is 13.8. The van der Waals surface area contributed by atoms with E-state index in [1.165, 1.54) is 0 Å². The summed E-state index contributed by atoms with van der Waals surface area (Å²) < 4.78 is 30.3. The van der Waals surface area contributed by atoms with Crippen LogP contribution in [0.15, 0.2) is 29.2 Å². The van der Waals surface area contributed by atoms with Crippen LogP contribution < -0.4 is 0 Å². The topological polar surface area (TPSA) is 43.4 Å². The minimum absolute atomic E-state index is 0.0799. The van der Waals surface area contributed by atoms with Crippen LogP contribution in [0.1, 0.15) is 19.3 Å². The molecule has 1 aliphatic rings. The van der Waals surface area contributed by atoms with Crippen molar-refractivity contribution in [3.05, 3.63) is 29.3 Å². The molecular weight excluding hydrogens is 272 g/mol. The second-order valence-corrected chi connectivity index (χ2v) is 7.20. The largest absolute Gasteiger partial charge is 0.384 e. The van der Waals surface area contributed by atoms with Gasteiger partial charge in [0.05, 0.1) is 21.8 Å². The summed E-state index contributed by atoms with van der Waals surface area (Å²) in [7, 11) is -1.74. The molecular formula is C13H17ClO3S. The SMILES string of the molecule is COC[C@H]1CCC[C@H]1S(=O)(=O)c1ccccc1Cl. The van der Waals surface area contributed by atoms with E-state index in [2.05, 4.69) is 0 Å². The third-order valence-corrected chi connectivity index (χ3v) is 6.34. The zero-order valence-electron chi connectivity index (χ0n) is 10.3. The molecule has 2 rings (SSSR count). The lowest BCUT2D eigenvalue weighted by molar-refractivity contribution is 0.156. The first-order valence-corrected chi connectivity index (χ1v) is 7.97. The highest BCUT2D eigenvalue weighted by Crippen LogP contribution is 2.36. The van der Waals surface area contributed by atoms with Gasteiger partial charge in [-0.25, -0.2) is 8.42 Å². The van der Waals surface area contributed by atoms with Crippen molar-refractivity contribution in [1.29, 1.82) is 0 Å². The third kappa shape index (κ3) is 2.56. The molecule has 2 atom stereocenters. The van der Waals surface area contributed by atoms with Gasteiger partial charge in [-0.3, -0.25) is 0 Å². The second kappa shape index (κ2) is 5.59. The van der Waals surface area contributed by atoms with Gasteiger partial charge in [-0.05, 0) is 30.9 Å². The Morgan fingerprint density at radius 2 is 2.06 bits per heavy atom. The van der Waals surface area contributed by atoms with Crippen LogP contribution in [0.25, 0.3) is 0 Å². The van der Waals surface area contributed by atoms with E-state index in [4.69, 9.17) is 16.3 Å². The smallest absolute Gasteiger partial charge is 0.183 e. The van der Waals surface area contributed by atoms with E-state index in [0.717, 1.165) is 12.8 Å². The van der Waals surface area contributed by atoms with E-state index in [1.54, 1.807) is 31.4 Å². The standard InChI is InChI=1S/C13H17ClO3S/c1-17-9-10-5-4-8-12(10)18(15,16)13-7-3-2-6-11(13)14/h2-3,6-7,10,12H,4-5,8-9H2,1H3/t10-,12-/m1/s1. The van der Waals surface area contributed by atoms with Crippen molar-refractivity contribution < 1.29 is 13.2 Å². The van der Waals surface area contributed by atoms with Crippen molar-refractivity contribution in [1.82, 2.24) is 0 Å². The Balaban J connectivity index is 2.34. The van der Waals surface area contributed by atoms with E-state index in [-0.39, 0.29) is 16.1 Å². The quantitative estimate of drug-likeness (QED) is 0.855. The van der Waals surface area contributed by atoms with Crippen molar-refractivity contribution in [3.63, 3.8) is 0 Å². The molecule has 0 unspecified atom stereocenters. The highest BCUT2D eigenvalue weighted by molar-refractivity contribution is 7.92. The molecule has 18 heavy (non-hydrogen) atoms. The van der Waals surface area contributed by atoms with E-state index in [1.807, 2.05) is 0 Å². The Hall–Kier alpha value is -0.580. The predicted octanol–water partition coefficient (Wildman–Crippen LogP) is 2.93. The van der Waals surface area contributed by atoms with Gasteiger partial charge in [0.2, 0.25) is 0 Å². The summed E-state index contributed by atoms with van der Waals surface area (Å²) in [5.41, 5.74) is 0. The Morgan fingerprint density at radius 3 is 2.72 bits per heavy atom. The normalized spacial score (nSPS) is 24.3. The van der Waals surface area contributed by atoms with Gasteiger partial charge in [-0.1, -0.05) is 30.2 Å². The molecule has 1 fully saturated rings. The van der Waals surface area contributed by atoms with Gasteiger partial charge in [0, 0.05) is 7.11 Å². The third-order valence-electron chi connectivity index (χ3n) is 3.51. The van der Waals surface area contributed by atoms with Crippen molar-refractivity contribution in [2.45, 2.75) is 29.4 Å². The van der Waals surface area contributed by atoms with Gasteiger partial charge < -0.3 is 4.74 Å². The van der Waals surface area contributed by atoms with Crippen molar-refractivity contribution in [2.75, 3.05) is 13.7 Å². The van der Waals surface area contributed by atoms with Crippen molar-refractivity contribution in [2.24, 2.45) is 5.92 Å². The summed E-state index contributed by atoms with van der Waals surface area (Å²) in [4.78, 5) is 0.250. The van der Waals surface area contributed by atoms with Crippen LogP contribution in [-0.4, -0.2) is 27.4 Å². The number of benzene rings is 1. The number of hydrogen-bond acceptors (Lipinski definition) is 3. The van der Waals surface area contributed by atoms with Gasteiger partial charge >= 0.3 is 0 Å². The number of halogens is 1. The van der Waals surface area contributed by atoms with Gasteiger partial charge in [0.25, 0.3) is 0 Å². The lowest BCUT2D eigenvalue weighted by atomic mass is 10.1. The van der Waals surface area contributed by atoms with Crippen LogP contribution in [0.5, 0.6) is 0 Å². The van der Waals surface area contributed by atoms with Crippen LogP contribution in [0, 0.1) is 5.92 Å². The number of methoxy groups -OCH3 is 1. The van der Waals surface area contributed by atoms with E-state index < -0.39 is 9.84 Å². The van der Waals surface area contributed by atoms with E-state index >= 15 is 0 Å². The summed E-state index contributed by atoms with van der Waals surface area (Å²) in [5, 5.41) is -0.0575. The molecule has 3 nitrogen and oxygen atoms in total. The van der Waals surface area contributed by atoms with Crippen LogP contribution in [-0.2, 0) is 14.6 Å². The molecule has 0 spiro atoms. The maximum absolute atomic E-state index is 12.6. The average molecular weight is 289 g/mol. The molecule has 0 radical (unpaired) electrons. The molecule has 0 heterocycles. The number of ether oxygens (including phenoxy) is 1. The Morgan fingerprint density at radius 1 is 1.33 bits per heavy atom. The average Bonchev–Trinajstić information content (AvgIpc) is 2.79. The van der Waals surface area contributed by atoms with Crippen molar-refractivity contribution >= 4 is 21.4 Å². The Kier molecular flexibility index (Phi) is 4.30. The van der Waals surface area contributed by atoms with Gasteiger partial charge in [0.15, 0.2) is 9.84 Å². The summed E-state index contributed by atoms with van der Waals surface area (Å²) in [6, 6.07) is 6.65. The van der Waals surface area contributed by atoms with Gasteiger partial charge in [0.1, 0.15) is 0 Å². The molecule has 1 aliphatic carbocycles. The highest BCUT2D eigenvalue weighted by atomic mass is 35.5. The second-order valence-electron chi connectivity index (χ2n) is 4.66. The predicted molar refractivity (Wildman–Crippen MR) is 71.6 cm³/mol. The molecule has 5 heteroatoms. The first-order valence-electron chi connectivity index (χ1n) is 6.04. The van der Waals surface area contributed by atoms with Gasteiger partial charge in [-0.2, -0.15) is 0 Å². The lowest BCUT2D eigenvalue weighted by Gasteiger charge is -2.19. The summed E-state index contributed by atoms with van der Waals surface area (Å²) in [6.07, 6.45) is 2.53. The monoisotopic (exact) mass is 288 g/mol. The molecule has 1 saturated carbocycles. The van der Waals surface area contributed by atoms with Crippen molar-refractivity contribution in [3.8, 4) is 0 Å². The molecule has 0 saturated heterocycles. The molecule has 1 aromatic rings. The van der Waals surface area contributed by atoms with Crippen LogP contribution >= 0.6 is 11.6 Å². The molecule has 1 aromatic carbocycles. The molecule has 0 N–H and O–H groups in total. The summed E-state index contributed by atoms with van der Waals surface area (Å²) in [6.45, 7) is 0.494. The van der Waals surface area contributed by atoms with Crippen LogP contribution in [0.2, 0.25) is 5.02 Å². The number of hydrogen-bond donors (Lipinski definition) is 0. The fraction of sp³-hybridized carbons (Fsp3) is 0.538. The summed E-state index contributed by atoms with van der Waals surface area (Å²) >= 11 is 6.00. The molecule has 0 aromatic heterocycles. The fourth-order valence-corrected chi connectivity index (χ4v) is 5.25. The maximum Gasteiger partial charge on any atom is 0.183 e. The molecule has 0 aliphatic heterocycles. The number of rotatable bonds is 4. The fourth-order valence-electron chi connectivity index (χ4n) is 2.65.